The molecule has 0 aliphatic carbocycles. The van der Waals surface area contributed by atoms with Crippen molar-refractivity contribution < 1.29 is 9.15 Å². The van der Waals surface area contributed by atoms with Gasteiger partial charge in [0.2, 0.25) is 0 Å². The summed E-state index contributed by atoms with van der Waals surface area (Å²) < 4.78 is 11.4. The minimum atomic E-state index is -0.252. The van der Waals surface area contributed by atoms with Crippen molar-refractivity contribution in [3.05, 3.63) is 53.0 Å². The van der Waals surface area contributed by atoms with Crippen LogP contribution in [-0.4, -0.2) is 6.61 Å². The van der Waals surface area contributed by atoms with Crippen LogP contribution < -0.4 is 10.5 Å². The van der Waals surface area contributed by atoms with Crippen molar-refractivity contribution in [3.8, 4) is 5.75 Å². The number of para-hydroxylation sites is 1. The molecule has 94 valence electrons. The molecular weight excluding hydrogens is 226 g/mol. The Morgan fingerprint density at radius 1 is 1.28 bits per heavy atom. The van der Waals surface area contributed by atoms with Crippen LogP contribution in [0.2, 0.25) is 0 Å². The summed E-state index contributed by atoms with van der Waals surface area (Å²) in [5.41, 5.74) is 8.54. The van der Waals surface area contributed by atoms with Gasteiger partial charge in [-0.2, -0.15) is 0 Å². The van der Waals surface area contributed by atoms with Crippen molar-refractivity contribution in [2.75, 3.05) is 6.61 Å². The average molecular weight is 243 g/mol. The van der Waals surface area contributed by atoms with Crippen LogP contribution in [0.15, 0.2) is 34.7 Å². The summed E-state index contributed by atoms with van der Waals surface area (Å²) in [7, 11) is 0. The van der Waals surface area contributed by atoms with Gasteiger partial charge in [0, 0.05) is 18.4 Å². The fourth-order valence-corrected chi connectivity index (χ4v) is 2.39. The van der Waals surface area contributed by atoms with Crippen molar-refractivity contribution >= 4 is 0 Å². The number of benzene rings is 1. The Morgan fingerprint density at radius 2 is 2.17 bits per heavy atom. The lowest BCUT2D eigenvalue weighted by molar-refractivity contribution is 0.350. The molecule has 2 aromatic rings. The Labute approximate surface area is 107 Å². The maximum Gasteiger partial charge on any atom is 0.127 e. The second kappa shape index (κ2) is 4.50. The second-order valence-electron chi connectivity index (χ2n) is 4.57. The Balaban J connectivity index is 1.97. The van der Waals surface area contributed by atoms with E-state index in [1.165, 1.54) is 5.56 Å². The number of hydrogen-bond acceptors (Lipinski definition) is 3. The summed E-state index contributed by atoms with van der Waals surface area (Å²) in [6.45, 7) is 2.81. The van der Waals surface area contributed by atoms with E-state index in [4.69, 9.17) is 14.9 Å². The molecule has 1 aromatic carbocycles. The van der Waals surface area contributed by atoms with Crippen LogP contribution >= 0.6 is 0 Å². The van der Waals surface area contributed by atoms with Gasteiger partial charge in [-0.05, 0) is 17.7 Å². The molecule has 1 aliphatic rings. The molecule has 1 unspecified atom stereocenters. The molecule has 0 saturated heterocycles. The van der Waals surface area contributed by atoms with E-state index in [0.29, 0.717) is 0 Å². The van der Waals surface area contributed by atoms with E-state index in [2.05, 4.69) is 13.0 Å². The van der Waals surface area contributed by atoms with Crippen LogP contribution in [0.4, 0.5) is 0 Å². The van der Waals surface area contributed by atoms with Crippen LogP contribution in [0, 0.1) is 0 Å². The topological polar surface area (TPSA) is 48.4 Å². The number of ether oxygens (including phenoxy) is 1. The Bertz CT molecular complexity index is 559. The predicted octanol–water partition coefficient (Wildman–Crippen LogP) is 2.83. The lowest BCUT2D eigenvalue weighted by Crippen LogP contribution is -2.12. The summed E-state index contributed by atoms with van der Waals surface area (Å²) >= 11 is 0. The number of nitrogens with two attached hydrogens (primary N) is 1. The van der Waals surface area contributed by atoms with Crippen LogP contribution in [-0.2, 0) is 12.8 Å². The summed E-state index contributed by atoms with van der Waals surface area (Å²) in [4.78, 5) is 0. The largest absolute Gasteiger partial charge is 0.493 e. The van der Waals surface area contributed by atoms with E-state index in [-0.39, 0.29) is 6.04 Å². The van der Waals surface area contributed by atoms with Gasteiger partial charge in [-0.15, -0.1) is 0 Å². The highest BCUT2D eigenvalue weighted by molar-refractivity contribution is 5.47. The van der Waals surface area contributed by atoms with Gasteiger partial charge in [0.15, 0.2) is 0 Å². The average Bonchev–Trinajstić information content (AvgIpc) is 3.05. The highest BCUT2D eigenvalue weighted by Crippen LogP contribution is 2.35. The Kier molecular flexibility index (Phi) is 2.84. The third-order valence-corrected chi connectivity index (χ3v) is 3.42. The van der Waals surface area contributed by atoms with Gasteiger partial charge < -0.3 is 14.9 Å². The molecule has 0 bridgehead atoms. The predicted molar refractivity (Wildman–Crippen MR) is 69.8 cm³/mol. The monoisotopic (exact) mass is 243 g/mol. The molecule has 1 aliphatic heterocycles. The first-order chi connectivity index (χ1) is 8.79. The van der Waals surface area contributed by atoms with Crippen molar-refractivity contribution in [1.29, 1.82) is 0 Å². The molecule has 2 N–H and O–H groups in total. The third-order valence-electron chi connectivity index (χ3n) is 3.42. The van der Waals surface area contributed by atoms with Gasteiger partial charge in [0.05, 0.1) is 12.6 Å². The Hall–Kier alpha value is -1.74. The Morgan fingerprint density at radius 3 is 2.94 bits per heavy atom. The lowest BCUT2D eigenvalue weighted by Gasteiger charge is -2.13. The molecule has 3 rings (SSSR count). The smallest absolute Gasteiger partial charge is 0.127 e. The fourth-order valence-electron chi connectivity index (χ4n) is 2.39. The van der Waals surface area contributed by atoms with Gasteiger partial charge in [-0.25, -0.2) is 0 Å². The van der Waals surface area contributed by atoms with E-state index >= 15 is 0 Å². The lowest BCUT2D eigenvalue weighted by atomic mass is 10.0. The zero-order valence-electron chi connectivity index (χ0n) is 10.5. The SMILES string of the molecule is CCc1ccc(C(N)c2cccc3c2OCC3)o1. The minimum Gasteiger partial charge on any atom is -0.493 e. The second-order valence-corrected chi connectivity index (χ2v) is 4.57. The van der Waals surface area contributed by atoms with Gasteiger partial charge >= 0.3 is 0 Å². The van der Waals surface area contributed by atoms with Crippen molar-refractivity contribution in [2.24, 2.45) is 5.73 Å². The van der Waals surface area contributed by atoms with E-state index in [1.54, 1.807) is 0 Å². The molecule has 3 nitrogen and oxygen atoms in total. The summed E-state index contributed by atoms with van der Waals surface area (Å²) in [6.07, 6.45) is 1.85. The molecule has 0 fully saturated rings. The first-order valence-corrected chi connectivity index (χ1v) is 6.38. The van der Waals surface area contributed by atoms with E-state index < -0.39 is 0 Å². The minimum absolute atomic E-state index is 0.252. The summed E-state index contributed by atoms with van der Waals surface area (Å²) in [5, 5.41) is 0. The van der Waals surface area contributed by atoms with Crippen molar-refractivity contribution in [3.63, 3.8) is 0 Å². The fraction of sp³-hybridized carbons (Fsp3) is 0.333. The molecule has 3 heteroatoms. The zero-order chi connectivity index (χ0) is 12.5. The summed E-state index contributed by atoms with van der Waals surface area (Å²) in [6, 6.07) is 9.84. The third kappa shape index (κ3) is 1.81. The van der Waals surface area contributed by atoms with Crippen LogP contribution in [0.3, 0.4) is 0 Å². The van der Waals surface area contributed by atoms with E-state index in [0.717, 1.165) is 42.3 Å². The zero-order valence-corrected chi connectivity index (χ0v) is 10.5. The highest BCUT2D eigenvalue weighted by atomic mass is 16.5. The van der Waals surface area contributed by atoms with Crippen LogP contribution in [0.5, 0.6) is 5.75 Å². The van der Waals surface area contributed by atoms with Crippen molar-refractivity contribution in [2.45, 2.75) is 25.8 Å². The number of furan rings is 1. The van der Waals surface area contributed by atoms with E-state index in [1.807, 2.05) is 24.3 Å². The molecule has 1 atom stereocenters. The maximum absolute atomic E-state index is 6.28. The van der Waals surface area contributed by atoms with Gasteiger partial charge in [-0.3, -0.25) is 0 Å². The molecule has 18 heavy (non-hydrogen) atoms. The molecule has 0 spiro atoms. The standard InChI is InChI=1S/C15H17NO2/c1-2-11-6-7-13(18-11)14(16)12-5-3-4-10-8-9-17-15(10)12/h3-7,14H,2,8-9,16H2,1H3. The van der Waals surface area contributed by atoms with Crippen LogP contribution in [0.25, 0.3) is 0 Å². The first-order valence-electron chi connectivity index (χ1n) is 6.38. The van der Waals surface area contributed by atoms with Gasteiger partial charge in [0.25, 0.3) is 0 Å². The summed E-state index contributed by atoms with van der Waals surface area (Å²) in [5.74, 6) is 2.71. The van der Waals surface area contributed by atoms with Gasteiger partial charge in [0.1, 0.15) is 17.3 Å². The molecular formula is C15H17NO2. The van der Waals surface area contributed by atoms with E-state index in [9.17, 15) is 0 Å². The molecule has 0 radical (unpaired) electrons. The molecule has 0 amide bonds. The number of rotatable bonds is 3. The first kappa shape index (κ1) is 11.4. The normalized spacial score (nSPS) is 15.2. The quantitative estimate of drug-likeness (QED) is 0.901. The maximum atomic E-state index is 6.28. The van der Waals surface area contributed by atoms with Gasteiger partial charge in [-0.1, -0.05) is 25.1 Å². The highest BCUT2D eigenvalue weighted by Gasteiger charge is 2.22. The number of fused-ring (bicyclic) bond motifs is 1. The van der Waals surface area contributed by atoms with Crippen molar-refractivity contribution in [1.82, 2.24) is 0 Å². The number of aryl methyl sites for hydroxylation is 1. The number of hydrogen-bond donors (Lipinski definition) is 1. The molecule has 2 heterocycles. The van der Waals surface area contributed by atoms with Crippen LogP contribution in [0.1, 0.15) is 35.6 Å². The molecule has 0 saturated carbocycles. The molecule has 1 aromatic heterocycles.